The summed E-state index contributed by atoms with van der Waals surface area (Å²) < 4.78 is 0. The monoisotopic (exact) mass is 391 g/mol. The number of aromatic nitrogens is 1. The summed E-state index contributed by atoms with van der Waals surface area (Å²) in [6.07, 6.45) is 0. The summed E-state index contributed by atoms with van der Waals surface area (Å²) in [5.74, 6) is -1.18. The topological polar surface area (TPSA) is 79.4 Å². The molecule has 4 rings (SSSR count). The van der Waals surface area contributed by atoms with Gasteiger partial charge in [0.05, 0.1) is 22.5 Å². The molecule has 0 atom stereocenters. The van der Waals surface area contributed by atoms with Crippen molar-refractivity contribution in [3.8, 4) is 0 Å². The highest BCUT2D eigenvalue weighted by atomic mass is 32.1. The zero-order valence-corrected chi connectivity index (χ0v) is 16.4. The Kier molecular flexibility index (Phi) is 4.31. The third-order valence-electron chi connectivity index (χ3n) is 4.74. The SMILES string of the molecule is Cc1csc(NC(=O)c2ccc3c(c2)C(=O)N(c2ccc(C)c(C)c2)C3=O)n1. The van der Waals surface area contributed by atoms with Crippen LogP contribution in [0.15, 0.2) is 41.8 Å². The quantitative estimate of drug-likeness (QED) is 0.681. The van der Waals surface area contributed by atoms with Crippen molar-refractivity contribution in [3.05, 3.63) is 75.3 Å². The van der Waals surface area contributed by atoms with Crippen molar-refractivity contribution in [1.82, 2.24) is 4.98 Å². The maximum atomic E-state index is 12.9. The number of rotatable bonds is 3. The normalized spacial score (nSPS) is 13.0. The van der Waals surface area contributed by atoms with Crippen LogP contribution >= 0.6 is 11.3 Å². The lowest BCUT2D eigenvalue weighted by molar-refractivity contribution is 0.0925. The number of anilines is 2. The predicted molar refractivity (Wildman–Crippen MR) is 108 cm³/mol. The molecule has 140 valence electrons. The van der Waals surface area contributed by atoms with Crippen molar-refractivity contribution in [1.29, 1.82) is 0 Å². The number of thiazole rings is 1. The summed E-state index contributed by atoms with van der Waals surface area (Å²) in [4.78, 5) is 43.5. The molecule has 0 saturated carbocycles. The largest absolute Gasteiger partial charge is 0.298 e. The highest BCUT2D eigenvalue weighted by Crippen LogP contribution is 2.30. The van der Waals surface area contributed by atoms with Gasteiger partial charge in [-0.2, -0.15) is 0 Å². The first-order valence-corrected chi connectivity index (χ1v) is 9.56. The van der Waals surface area contributed by atoms with Crippen LogP contribution in [0, 0.1) is 20.8 Å². The van der Waals surface area contributed by atoms with Gasteiger partial charge in [-0.3, -0.25) is 19.7 Å². The maximum Gasteiger partial charge on any atom is 0.266 e. The molecule has 2 heterocycles. The lowest BCUT2D eigenvalue weighted by Gasteiger charge is -2.15. The molecule has 6 nitrogen and oxygen atoms in total. The minimum absolute atomic E-state index is 0.228. The van der Waals surface area contributed by atoms with Gasteiger partial charge in [0, 0.05) is 10.9 Å². The molecule has 0 saturated heterocycles. The van der Waals surface area contributed by atoms with Crippen LogP contribution in [0.2, 0.25) is 0 Å². The first-order chi connectivity index (χ1) is 13.3. The van der Waals surface area contributed by atoms with E-state index >= 15 is 0 Å². The van der Waals surface area contributed by atoms with Gasteiger partial charge >= 0.3 is 0 Å². The number of hydrogen-bond donors (Lipinski definition) is 1. The Morgan fingerprint density at radius 3 is 2.39 bits per heavy atom. The van der Waals surface area contributed by atoms with E-state index in [9.17, 15) is 14.4 Å². The van der Waals surface area contributed by atoms with Crippen LogP contribution in [0.25, 0.3) is 0 Å². The van der Waals surface area contributed by atoms with Crippen molar-refractivity contribution >= 4 is 39.9 Å². The van der Waals surface area contributed by atoms with E-state index in [1.54, 1.807) is 12.1 Å². The summed E-state index contributed by atoms with van der Waals surface area (Å²) in [7, 11) is 0. The minimum atomic E-state index is -0.428. The van der Waals surface area contributed by atoms with Gasteiger partial charge in [0.2, 0.25) is 0 Å². The van der Waals surface area contributed by atoms with E-state index in [0.717, 1.165) is 21.7 Å². The number of fused-ring (bicyclic) bond motifs is 1. The van der Waals surface area contributed by atoms with Crippen molar-refractivity contribution < 1.29 is 14.4 Å². The number of nitrogens with zero attached hydrogens (tertiary/aromatic N) is 2. The van der Waals surface area contributed by atoms with Gasteiger partial charge in [0.15, 0.2) is 5.13 Å². The van der Waals surface area contributed by atoms with E-state index in [0.29, 0.717) is 21.9 Å². The number of amides is 3. The third kappa shape index (κ3) is 2.99. The second kappa shape index (κ2) is 6.69. The zero-order valence-electron chi connectivity index (χ0n) is 15.6. The van der Waals surface area contributed by atoms with Gasteiger partial charge < -0.3 is 0 Å². The predicted octanol–water partition coefficient (Wildman–Crippen LogP) is 4.12. The van der Waals surface area contributed by atoms with Crippen LogP contribution < -0.4 is 10.2 Å². The lowest BCUT2D eigenvalue weighted by atomic mass is 10.1. The smallest absolute Gasteiger partial charge is 0.266 e. The molecule has 1 N–H and O–H groups in total. The molecule has 1 aromatic heterocycles. The molecule has 1 aliphatic rings. The van der Waals surface area contributed by atoms with Gasteiger partial charge in [0.1, 0.15) is 0 Å². The molecule has 7 heteroatoms. The number of nitrogens with one attached hydrogen (secondary N) is 1. The molecule has 0 spiro atoms. The zero-order chi connectivity index (χ0) is 20.0. The van der Waals surface area contributed by atoms with Gasteiger partial charge in [-0.15, -0.1) is 11.3 Å². The number of benzene rings is 2. The van der Waals surface area contributed by atoms with Crippen LogP contribution in [-0.4, -0.2) is 22.7 Å². The van der Waals surface area contributed by atoms with E-state index in [4.69, 9.17) is 0 Å². The summed E-state index contributed by atoms with van der Waals surface area (Å²) in [5.41, 5.74) is 4.24. The van der Waals surface area contributed by atoms with Gasteiger partial charge in [0.25, 0.3) is 17.7 Å². The van der Waals surface area contributed by atoms with Crippen molar-refractivity contribution in [3.63, 3.8) is 0 Å². The van der Waals surface area contributed by atoms with Crippen LogP contribution in [0.3, 0.4) is 0 Å². The Bertz CT molecular complexity index is 1150. The number of hydrogen-bond acceptors (Lipinski definition) is 5. The van der Waals surface area contributed by atoms with Crippen LogP contribution in [0.5, 0.6) is 0 Å². The van der Waals surface area contributed by atoms with Crippen molar-refractivity contribution in [2.75, 3.05) is 10.2 Å². The number of carbonyl (C=O) groups is 3. The molecular formula is C21H17N3O3S. The molecule has 0 unspecified atom stereocenters. The summed E-state index contributed by atoms with van der Waals surface area (Å²) >= 11 is 1.33. The number of carbonyl (C=O) groups excluding carboxylic acids is 3. The van der Waals surface area contributed by atoms with Crippen molar-refractivity contribution in [2.45, 2.75) is 20.8 Å². The molecule has 3 amide bonds. The molecule has 0 radical (unpaired) electrons. The number of aryl methyl sites for hydroxylation is 3. The van der Waals surface area contributed by atoms with E-state index < -0.39 is 5.91 Å². The fourth-order valence-electron chi connectivity index (χ4n) is 3.06. The molecule has 0 bridgehead atoms. The molecule has 0 aliphatic carbocycles. The lowest BCUT2D eigenvalue weighted by Crippen LogP contribution is -2.29. The van der Waals surface area contributed by atoms with Gasteiger partial charge in [-0.05, 0) is 62.2 Å². The molecule has 2 aromatic carbocycles. The minimum Gasteiger partial charge on any atom is -0.298 e. The van der Waals surface area contributed by atoms with E-state index in [1.807, 2.05) is 38.3 Å². The fourth-order valence-corrected chi connectivity index (χ4v) is 3.75. The van der Waals surface area contributed by atoms with Crippen LogP contribution in [-0.2, 0) is 0 Å². The highest BCUT2D eigenvalue weighted by molar-refractivity contribution is 7.13. The average Bonchev–Trinajstić information content (AvgIpc) is 3.18. The molecule has 1 aliphatic heterocycles. The molecule has 3 aromatic rings. The molecule has 0 fully saturated rings. The first kappa shape index (κ1) is 18.1. The Morgan fingerprint density at radius 1 is 0.964 bits per heavy atom. The summed E-state index contributed by atoms with van der Waals surface area (Å²) in [5, 5.41) is 5.03. The Hall–Kier alpha value is -3.32. The van der Waals surface area contributed by atoms with Crippen molar-refractivity contribution in [2.24, 2.45) is 0 Å². The van der Waals surface area contributed by atoms with E-state index in [1.165, 1.54) is 23.5 Å². The van der Waals surface area contributed by atoms with Crippen LogP contribution in [0.1, 0.15) is 47.9 Å². The fraction of sp³-hybridized carbons (Fsp3) is 0.143. The van der Waals surface area contributed by atoms with Gasteiger partial charge in [-0.1, -0.05) is 6.07 Å². The highest BCUT2D eigenvalue weighted by Gasteiger charge is 2.37. The third-order valence-corrected chi connectivity index (χ3v) is 5.61. The van der Waals surface area contributed by atoms with E-state index in [2.05, 4.69) is 10.3 Å². The summed E-state index contributed by atoms with van der Waals surface area (Å²) in [6, 6.07) is 9.98. The first-order valence-electron chi connectivity index (χ1n) is 8.68. The number of imide groups is 1. The second-order valence-corrected chi connectivity index (χ2v) is 7.58. The maximum absolute atomic E-state index is 12.9. The van der Waals surface area contributed by atoms with Gasteiger partial charge in [-0.25, -0.2) is 9.88 Å². The van der Waals surface area contributed by atoms with E-state index in [-0.39, 0.29) is 17.4 Å². The second-order valence-electron chi connectivity index (χ2n) is 6.72. The Morgan fingerprint density at radius 2 is 1.71 bits per heavy atom. The molecular weight excluding hydrogens is 374 g/mol. The standard InChI is InChI=1S/C21H17N3O3S/c1-11-4-6-15(8-12(11)2)24-19(26)16-7-5-14(9-17(16)20(24)27)18(25)23-21-22-13(3)10-28-21/h4-10H,1-3H3,(H,22,23,25). The molecule has 28 heavy (non-hydrogen) atoms. The summed E-state index contributed by atoms with van der Waals surface area (Å²) in [6.45, 7) is 5.74. The van der Waals surface area contributed by atoms with Crippen LogP contribution in [0.4, 0.5) is 10.8 Å². The average molecular weight is 391 g/mol. The Balaban J connectivity index is 1.65. The Labute approximate surface area is 165 Å².